The molecule has 1 aliphatic rings. The maximum absolute atomic E-state index is 11.6. The third-order valence-corrected chi connectivity index (χ3v) is 3.14. The zero-order valence-corrected chi connectivity index (χ0v) is 11.8. The molecule has 1 saturated heterocycles. The Morgan fingerprint density at radius 2 is 2.06 bits per heavy atom. The first-order valence-electron chi connectivity index (χ1n) is 6.92. The normalized spacial score (nSPS) is 18.4. The minimum Gasteiger partial charge on any atom is -0.463 e. The topological polar surface area (TPSA) is 29.5 Å². The van der Waals surface area contributed by atoms with Gasteiger partial charge in [-0.15, -0.1) is 0 Å². The van der Waals surface area contributed by atoms with E-state index in [4.69, 9.17) is 4.74 Å². The number of likely N-dealkylation sites (tertiary alicyclic amines) is 1. The number of esters is 1. The summed E-state index contributed by atoms with van der Waals surface area (Å²) in [6.07, 6.45) is 9.26. The lowest BCUT2D eigenvalue weighted by Crippen LogP contribution is -2.21. The van der Waals surface area contributed by atoms with Gasteiger partial charge in [0.15, 0.2) is 0 Å². The number of nitrogens with zero attached hydrogens (tertiary/aromatic N) is 1. The SMILES string of the molecule is C/C=C/[C@H](C)C/C(=C/C(=O)OCC)N1CCCC1. The summed E-state index contributed by atoms with van der Waals surface area (Å²) in [5, 5.41) is 0. The molecule has 1 rings (SSSR count). The molecule has 0 aromatic carbocycles. The van der Waals surface area contributed by atoms with Crippen LogP contribution in [0.4, 0.5) is 0 Å². The number of carbonyl (C=O) groups is 1. The van der Waals surface area contributed by atoms with Crippen molar-refractivity contribution >= 4 is 5.97 Å². The average Bonchev–Trinajstić information content (AvgIpc) is 2.82. The highest BCUT2D eigenvalue weighted by Gasteiger charge is 2.17. The smallest absolute Gasteiger partial charge is 0.332 e. The molecule has 0 aromatic rings. The summed E-state index contributed by atoms with van der Waals surface area (Å²) in [6.45, 7) is 8.61. The number of ether oxygens (including phenoxy) is 1. The first-order chi connectivity index (χ1) is 8.67. The van der Waals surface area contributed by atoms with E-state index in [2.05, 4.69) is 24.0 Å². The molecule has 0 unspecified atom stereocenters. The standard InChI is InChI=1S/C15H25NO2/c1-4-8-13(3)11-14(12-15(17)18-5-2)16-9-6-7-10-16/h4,8,12-13H,5-7,9-11H2,1-3H3/b8-4+,14-12-/t13-/m0/s1. The first kappa shape index (κ1) is 14.8. The van der Waals surface area contributed by atoms with Crippen LogP contribution in [-0.4, -0.2) is 30.6 Å². The number of allylic oxidation sites excluding steroid dienone is 3. The fourth-order valence-corrected chi connectivity index (χ4v) is 2.33. The molecular formula is C15H25NO2. The van der Waals surface area contributed by atoms with Crippen molar-refractivity contribution in [3.05, 3.63) is 23.9 Å². The molecule has 0 aromatic heterocycles. The predicted molar refractivity (Wildman–Crippen MR) is 74.1 cm³/mol. The third-order valence-electron chi connectivity index (χ3n) is 3.14. The molecule has 1 atom stereocenters. The number of hydrogen-bond acceptors (Lipinski definition) is 3. The van der Waals surface area contributed by atoms with E-state index < -0.39 is 0 Å². The van der Waals surface area contributed by atoms with E-state index in [-0.39, 0.29) is 5.97 Å². The highest BCUT2D eigenvalue weighted by atomic mass is 16.5. The number of carbonyl (C=O) groups excluding carboxylic acids is 1. The van der Waals surface area contributed by atoms with Crippen LogP contribution >= 0.6 is 0 Å². The van der Waals surface area contributed by atoms with Gasteiger partial charge in [-0.1, -0.05) is 19.1 Å². The highest BCUT2D eigenvalue weighted by Crippen LogP contribution is 2.21. The number of hydrogen-bond donors (Lipinski definition) is 0. The van der Waals surface area contributed by atoms with E-state index in [0.29, 0.717) is 12.5 Å². The minimum absolute atomic E-state index is 0.216. The Morgan fingerprint density at radius 1 is 1.39 bits per heavy atom. The fourth-order valence-electron chi connectivity index (χ4n) is 2.33. The van der Waals surface area contributed by atoms with Crippen LogP contribution in [0.1, 0.15) is 40.0 Å². The second-order valence-electron chi connectivity index (χ2n) is 4.79. The monoisotopic (exact) mass is 251 g/mol. The van der Waals surface area contributed by atoms with Gasteiger partial charge < -0.3 is 9.64 Å². The van der Waals surface area contributed by atoms with Crippen LogP contribution in [0.25, 0.3) is 0 Å². The van der Waals surface area contributed by atoms with Gasteiger partial charge in [0.25, 0.3) is 0 Å². The lowest BCUT2D eigenvalue weighted by atomic mass is 10.0. The molecule has 0 N–H and O–H groups in total. The Kier molecular flexibility index (Phi) is 6.55. The van der Waals surface area contributed by atoms with Gasteiger partial charge in [0.05, 0.1) is 6.61 Å². The van der Waals surface area contributed by atoms with E-state index >= 15 is 0 Å². The van der Waals surface area contributed by atoms with Crippen LogP contribution < -0.4 is 0 Å². The highest BCUT2D eigenvalue weighted by molar-refractivity contribution is 5.82. The summed E-state index contributed by atoms with van der Waals surface area (Å²) < 4.78 is 5.01. The van der Waals surface area contributed by atoms with Crippen molar-refractivity contribution in [2.45, 2.75) is 40.0 Å². The van der Waals surface area contributed by atoms with Gasteiger partial charge in [-0.05, 0) is 39.0 Å². The Balaban J connectivity index is 2.70. The lowest BCUT2D eigenvalue weighted by molar-refractivity contribution is -0.137. The van der Waals surface area contributed by atoms with Crippen molar-refractivity contribution in [3.8, 4) is 0 Å². The molecule has 1 heterocycles. The number of rotatable bonds is 6. The Hall–Kier alpha value is -1.25. The van der Waals surface area contributed by atoms with Gasteiger partial charge >= 0.3 is 5.97 Å². The molecule has 0 spiro atoms. The van der Waals surface area contributed by atoms with Crippen LogP contribution in [0.5, 0.6) is 0 Å². The van der Waals surface area contributed by atoms with Gasteiger partial charge in [0.2, 0.25) is 0 Å². The third kappa shape index (κ3) is 4.94. The molecule has 0 radical (unpaired) electrons. The molecule has 3 heteroatoms. The summed E-state index contributed by atoms with van der Waals surface area (Å²) in [5.41, 5.74) is 1.12. The van der Waals surface area contributed by atoms with Gasteiger partial charge in [-0.2, -0.15) is 0 Å². The van der Waals surface area contributed by atoms with Gasteiger partial charge in [-0.25, -0.2) is 4.79 Å². The van der Waals surface area contributed by atoms with Crippen molar-refractivity contribution in [1.29, 1.82) is 0 Å². The maximum atomic E-state index is 11.6. The van der Waals surface area contributed by atoms with Crippen molar-refractivity contribution in [3.63, 3.8) is 0 Å². The first-order valence-corrected chi connectivity index (χ1v) is 6.92. The average molecular weight is 251 g/mol. The van der Waals surface area contributed by atoms with Crippen LogP contribution in [0.15, 0.2) is 23.9 Å². The molecule has 3 nitrogen and oxygen atoms in total. The minimum atomic E-state index is -0.216. The van der Waals surface area contributed by atoms with Gasteiger partial charge in [0.1, 0.15) is 0 Å². The lowest BCUT2D eigenvalue weighted by Gasteiger charge is -2.23. The molecule has 1 aliphatic heterocycles. The quantitative estimate of drug-likeness (QED) is 0.412. The van der Waals surface area contributed by atoms with Gasteiger partial charge in [0, 0.05) is 24.9 Å². The van der Waals surface area contributed by atoms with E-state index in [9.17, 15) is 4.79 Å². The van der Waals surface area contributed by atoms with E-state index in [1.807, 2.05) is 13.8 Å². The zero-order chi connectivity index (χ0) is 13.4. The van der Waals surface area contributed by atoms with Crippen LogP contribution in [0.2, 0.25) is 0 Å². The molecule has 18 heavy (non-hydrogen) atoms. The van der Waals surface area contributed by atoms with Crippen molar-refractivity contribution in [1.82, 2.24) is 4.90 Å². The molecule has 0 saturated carbocycles. The van der Waals surface area contributed by atoms with Crippen molar-refractivity contribution in [2.24, 2.45) is 5.92 Å². The largest absolute Gasteiger partial charge is 0.463 e. The molecule has 0 aliphatic carbocycles. The van der Waals surface area contributed by atoms with Gasteiger partial charge in [-0.3, -0.25) is 0 Å². The summed E-state index contributed by atoms with van der Waals surface area (Å²) >= 11 is 0. The molecule has 102 valence electrons. The van der Waals surface area contributed by atoms with E-state index in [0.717, 1.165) is 25.2 Å². The second-order valence-corrected chi connectivity index (χ2v) is 4.79. The van der Waals surface area contributed by atoms with E-state index in [1.54, 1.807) is 6.08 Å². The fraction of sp³-hybridized carbons (Fsp3) is 0.667. The molecule has 0 bridgehead atoms. The predicted octanol–water partition coefficient (Wildman–Crippen LogP) is 3.13. The van der Waals surface area contributed by atoms with Crippen molar-refractivity contribution in [2.75, 3.05) is 19.7 Å². The molecule has 0 amide bonds. The summed E-state index contributed by atoms with van der Waals surface area (Å²) in [6, 6.07) is 0. The second kappa shape index (κ2) is 7.96. The molecule has 1 fully saturated rings. The van der Waals surface area contributed by atoms with Crippen LogP contribution in [0.3, 0.4) is 0 Å². The summed E-state index contributed by atoms with van der Waals surface area (Å²) in [7, 11) is 0. The summed E-state index contributed by atoms with van der Waals surface area (Å²) in [5.74, 6) is 0.239. The maximum Gasteiger partial charge on any atom is 0.332 e. The Bertz CT molecular complexity index is 314. The summed E-state index contributed by atoms with van der Waals surface area (Å²) in [4.78, 5) is 13.9. The van der Waals surface area contributed by atoms with Crippen LogP contribution in [0, 0.1) is 5.92 Å². The molecular weight excluding hydrogens is 226 g/mol. The van der Waals surface area contributed by atoms with Crippen molar-refractivity contribution < 1.29 is 9.53 Å². The zero-order valence-electron chi connectivity index (χ0n) is 11.8. The Labute approximate surface area is 110 Å². The van der Waals surface area contributed by atoms with E-state index in [1.165, 1.54) is 12.8 Å². The Morgan fingerprint density at radius 3 is 2.61 bits per heavy atom. The van der Waals surface area contributed by atoms with Crippen LogP contribution in [-0.2, 0) is 9.53 Å².